The van der Waals surface area contributed by atoms with Gasteiger partial charge in [-0.25, -0.2) is 0 Å². The van der Waals surface area contributed by atoms with Crippen molar-refractivity contribution in [1.82, 2.24) is 0 Å². The van der Waals surface area contributed by atoms with Gasteiger partial charge in [0.2, 0.25) is 0 Å². The van der Waals surface area contributed by atoms with E-state index in [1.807, 2.05) is 0 Å². The van der Waals surface area contributed by atoms with Crippen molar-refractivity contribution in [3.63, 3.8) is 0 Å². The van der Waals surface area contributed by atoms with E-state index in [-0.39, 0.29) is 11.8 Å². The van der Waals surface area contributed by atoms with Gasteiger partial charge in [-0.1, -0.05) is 0 Å². The zero-order valence-corrected chi connectivity index (χ0v) is 7.60. The van der Waals surface area contributed by atoms with Crippen LogP contribution in [0.4, 0.5) is 0 Å². The van der Waals surface area contributed by atoms with Gasteiger partial charge in [-0.15, -0.1) is 11.3 Å². The Kier molecular flexibility index (Phi) is 2.60. The van der Waals surface area contributed by atoms with Gasteiger partial charge in [0.05, 0.1) is 0 Å². The lowest BCUT2D eigenvalue weighted by Crippen LogP contribution is -1.99. The molecule has 0 unspecified atom stereocenters. The summed E-state index contributed by atoms with van der Waals surface area (Å²) in [6.45, 7) is 2.80. The lowest BCUT2D eigenvalue weighted by atomic mass is 10.2. The number of esters is 1. The van der Waals surface area contributed by atoms with Crippen LogP contribution < -0.4 is 4.74 Å². The van der Waals surface area contributed by atoms with Crippen molar-refractivity contribution in [2.45, 2.75) is 13.8 Å². The first-order valence-electron chi connectivity index (χ1n) is 3.37. The lowest BCUT2D eigenvalue weighted by molar-refractivity contribution is -0.131. The topological polar surface area (TPSA) is 43.4 Å². The molecule has 0 fully saturated rings. The summed E-state index contributed by atoms with van der Waals surface area (Å²) in [6, 6.07) is 1.56. The van der Waals surface area contributed by atoms with E-state index in [1.165, 1.54) is 25.2 Å². The average Bonchev–Trinajstić information content (AvgIpc) is 2.34. The van der Waals surface area contributed by atoms with Crippen molar-refractivity contribution >= 4 is 23.1 Å². The molecule has 1 aromatic heterocycles. The molecule has 4 heteroatoms. The molecule has 0 aliphatic carbocycles. The van der Waals surface area contributed by atoms with Crippen LogP contribution in [0.25, 0.3) is 0 Å². The summed E-state index contributed by atoms with van der Waals surface area (Å²) in [5, 5.41) is 2.13. The van der Waals surface area contributed by atoms with Gasteiger partial charge < -0.3 is 4.74 Å². The maximum atomic E-state index is 10.8. The molecule has 0 N–H and O–H groups in total. The molecule has 12 heavy (non-hydrogen) atoms. The third-order valence-corrected chi connectivity index (χ3v) is 2.03. The molecule has 0 atom stereocenters. The Bertz CT molecular complexity index is 314. The van der Waals surface area contributed by atoms with E-state index in [4.69, 9.17) is 4.74 Å². The van der Waals surface area contributed by atoms with Crippen LogP contribution in [0.15, 0.2) is 11.4 Å². The fourth-order valence-corrected chi connectivity index (χ4v) is 1.53. The quantitative estimate of drug-likeness (QED) is 0.520. The van der Waals surface area contributed by atoms with Crippen LogP contribution in [0.5, 0.6) is 5.06 Å². The van der Waals surface area contributed by atoms with E-state index in [1.54, 1.807) is 11.4 Å². The number of thiophene rings is 1. The third kappa shape index (κ3) is 2.17. The Balaban J connectivity index is 2.77. The molecule has 64 valence electrons. The van der Waals surface area contributed by atoms with Gasteiger partial charge in [0.1, 0.15) is 0 Å². The first-order valence-corrected chi connectivity index (χ1v) is 4.25. The van der Waals surface area contributed by atoms with Gasteiger partial charge in [-0.2, -0.15) is 0 Å². The Labute approximate surface area is 74.0 Å². The van der Waals surface area contributed by atoms with E-state index in [0.29, 0.717) is 10.6 Å². The Hall–Kier alpha value is -1.16. The predicted octanol–water partition coefficient (Wildman–Crippen LogP) is 1.88. The van der Waals surface area contributed by atoms with Crippen LogP contribution >= 0.6 is 11.3 Å². The Morgan fingerprint density at radius 3 is 2.50 bits per heavy atom. The second kappa shape index (κ2) is 3.49. The molecular formula is C8H8O3S. The summed E-state index contributed by atoms with van der Waals surface area (Å²) in [5.41, 5.74) is 0.580. The monoisotopic (exact) mass is 184 g/mol. The fraction of sp³-hybridized carbons (Fsp3) is 0.250. The highest BCUT2D eigenvalue weighted by atomic mass is 32.1. The van der Waals surface area contributed by atoms with Gasteiger partial charge >= 0.3 is 5.97 Å². The van der Waals surface area contributed by atoms with E-state index in [2.05, 4.69) is 0 Å². The van der Waals surface area contributed by atoms with Gasteiger partial charge in [-0.05, 0) is 6.92 Å². The minimum absolute atomic E-state index is 0.0235. The van der Waals surface area contributed by atoms with Crippen molar-refractivity contribution in [3.05, 3.63) is 17.0 Å². The summed E-state index contributed by atoms with van der Waals surface area (Å²) in [7, 11) is 0. The molecular weight excluding hydrogens is 176 g/mol. The van der Waals surface area contributed by atoms with Crippen LogP contribution in [0, 0.1) is 0 Å². The summed E-state index contributed by atoms with van der Waals surface area (Å²) < 4.78 is 4.77. The molecule has 3 nitrogen and oxygen atoms in total. The SMILES string of the molecule is CC(=O)Oc1cc(C(C)=O)cs1. The summed E-state index contributed by atoms with van der Waals surface area (Å²) in [5.74, 6) is -0.392. The molecule has 0 aromatic carbocycles. The largest absolute Gasteiger partial charge is 0.416 e. The van der Waals surface area contributed by atoms with Crippen LogP contribution in [0.1, 0.15) is 24.2 Å². The van der Waals surface area contributed by atoms with E-state index in [0.717, 1.165) is 0 Å². The highest BCUT2D eigenvalue weighted by Gasteiger charge is 2.05. The smallest absolute Gasteiger partial charge is 0.308 e. The molecule has 0 saturated carbocycles. The normalized spacial score (nSPS) is 9.50. The summed E-state index contributed by atoms with van der Waals surface area (Å²) in [4.78, 5) is 21.3. The van der Waals surface area contributed by atoms with Gasteiger partial charge in [0.15, 0.2) is 10.8 Å². The number of Topliss-reactive ketones (excluding diaryl/α,β-unsaturated/α-hetero) is 1. The Morgan fingerprint density at radius 1 is 1.42 bits per heavy atom. The van der Waals surface area contributed by atoms with Crippen molar-refractivity contribution in [3.8, 4) is 5.06 Å². The molecule has 0 saturated heterocycles. The molecule has 0 bridgehead atoms. The van der Waals surface area contributed by atoms with Crippen molar-refractivity contribution < 1.29 is 14.3 Å². The molecule has 0 aliphatic heterocycles. The summed E-state index contributed by atoms with van der Waals surface area (Å²) in [6.07, 6.45) is 0. The summed E-state index contributed by atoms with van der Waals surface area (Å²) >= 11 is 1.24. The number of hydrogen-bond acceptors (Lipinski definition) is 4. The van der Waals surface area contributed by atoms with Crippen molar-refractivity contribution in [2.24, 2.45) is 0 Å². The number of rotatable bonds is 2. The van der Waals surface area contributed by atoms with Crippen LogP contribution in [-0.4, -0.2) is 11.8 Å². The number of ketones is 1. The second-order valence-corrected chi connectivity index (χ2v) is 3.18. The molecule has 0 radical (unpaired) electrons. The highest BCUT2D eigenvalue weighted by Crippen LogP contribution is 2.23. The third-order valence-electron chi connectivity index (χ3n) is 1.23. The highest BCUT2D eigenvalue weighted by molar-refractivity contribution is 7.12. The molecule has 0 aliphatic rings. The zero-order valence-electron chi connectivity index (χ0n) is 6.79. The van der Waals surface area contributed by atoms with Gasteiger partial charge in [-0.3, -0.25) is 9.59 Å². The number of hydrogen-bond donors (Lipinski definition) is 0. The molecule has 0 spiro atoms. The van der Waals surface area contributed by atoms with Crippen molar-refractivity contribution in [2.75, 3.05) is 0 Å². The van der Waals surface area contributed by atoms with Crippen LogP contribution in [0.2, 0.25) is 0 Å². The zero-order chi connectivity index (χ0) is 9.14. The fourth-order valence-electron chi connectivity index (χ4n) is 0.696. The Morgan fingerprint density at radius 2 is 2.08 bits per heavy atom. The predicted molar refractivity (Wildman–Crippen MR) is 45.6 cm³/mol. The first-order chi connectivity index (χ1) is 5.59. The molecule has 1 heterocycles. The lowest BCUT2D eigenvalue weighted by Gasteiger charge is -1.92. The molecule has 0 amide bonds. The number of ether oxygens (including phenoxy) is 1. The van der Waals surface area contributed by atoms with E-state index < -0.39 is 0 Å². The molecule has 1 aromatic rings. The standard InChI is InChI=1S/C8H8O3S/c1-5(9)7-3-8(12-4-7)11-6(2)10/h3-4H,1-2H3. The maximum absolute atomic E-state index is 10.8. The maximum Gasteiger partial charge on any atom is 0.308 e. The van der Waals surface area contributed by atoms with Crippen molar-refractivity contribution in [1.29, 1.82) is 0 Å². The number of carbonyl (C=O) groups is 2. The first kappa shape index (κ1) is 8.93. The second-order valence-electron chi connectivity index (χ2n) is 2.30. The molecule has 1 rings (SSSR count). The van der Waals surface area contributed by atoms with Crippen LogP contribution in [0.3, 0.4) is 0 Å². The van der Waals surface area contributed by atoms with E-state index in [9.17, 15) is 9.59 Å². The van der Waals surface area contributed by atoms with Gasteiger partial charge in [0, 0.05) is 23.9 Å². The minimum Gasteiger partial charge on any atom is -0.416 e. The van der Waals surface area contributed by atoms with E-state index >= 15 is 0 Å². The number of carbonyl (C=O) groups excluding carboxylic acids is 2. The van der Waals surface area contributed by atoms with Gasteiger partial charge in [0.25, 0.3) is 0 Å². The minimum atomic E-state index is -0.369. The average molecular weight is 184 g/mol. The van der Waals surface area contributed by atoms with Crippen LogP contribution in [-0.2, 0) is 4.79 Å².